The Morgan fingerprint density at radius 2 is 1.87 bits per heavy atom. The molecule has 1 aliphatic rings. The van der Waals surface area contributed by atoms with E-state index in [9.17, 15) is 19.6 Å². The molecule has 16 heteroatoms. The number of aromatic nitrogens is 4. The molecular formula is C30H31N6O8PS. The van der Waals surface area contributed by atoms with Gasteiger partial charge in [0, 0.05) is 5.39 Å². The van der Waals surface area contributed by atoms with Crippen LogP contribution in [-0.2, 0) is 30.0 Å². The van der Waals surface area contributed by atoms with Gasteiger partial charge in [0.05, 0.1) is 12.9 Å². The number of nitrogens with two attached hydrogens (primary N) is 1. The lowest BCUT2D eigenvalue weighted by Gasteiger charge is -2.25. The first-order valence-electron chi connectivity index (χ1n) is 14.3. The van der Waals surface area contributed by atoms with Crippen LogP contribution in [0.1, 0.15) is 18.7 Å². The zero-order chi connectivity index (χ0) is 32.4. The molecule has 240 valence electrons. The van der Waals surface area contributed by atoms with E-state index in [1.54, 1.807) is 24.3 Å². The Hall–Kier alpha value is -4.21. The molecule has 1 aliphatic heterocycles. The van der Waals surface area contributed by atoms with Gasteiger partial charge < -0.3 is 34.9 Å². The van der Waals surface area contributed by atoms with Gasteiger partial charge in [-0.2, -0.15) is 5.09 Å². The van der Waals surface area contributed by atoms with Crippen LogP contribution in [0.25, 0.3) is 21.9 Å². The van der Waals surface area contributed by atoms with Crippen LogP contribution in [0.5, 0.6) is 5.75 Å². The predicted molar refractivity (Wildman–Crippen MR) is 170 cm³/mol. The Labute approximate surface area is 267 Å². The molecule has 14 nitrogen and oxygen atoms in total. The average Bonchev–Trinajstić information content (AvgIpc) is 3.59. The maximum atomic E-state index is 14.3. The summed E-state index contributed by atoms with van der Waals surface area (Å²) in [6, 6.07) is 20.5. The molecule has 46 heavy (non-hydrogen) atoms. The molecule has 1 fully saturated rings. The highest BCUT2D eigenvalue weighted by molar-refractivity contribution is 7.71. The Morgan fingerprint density at radius 3 is 2.67 bits per heavy atom. The number of aromatic amines is 1. The van der Waals surface area contributed by atoms with Gasteiger partial charge in [0.15, 0.2) is 16.8 Å². The van der Waals surface area contributed by atoms with Crippen molar-refractivity contribution >= 4 is 53.8 Å². The van der Waals surface area contributed by atoms with Crippen LogP contribution in [0.3, 0.4) is 0 Å². The zero-order valence-electron chi connectivity index (χ0n) is 24.4. The fourth-order valence-electron chi connectivity index (χ4n) is 5.05. The van der Waals surface area contributed by atoms with Crippen molar-refractivity contribution in [1.82, 2.24) is 24.6 Å². The first kappa shape index (κ1) is 31.8. The number of ether oxygens (including phenoxy) is 2. The number of aliphatic hydroxyl groups is 2. The lowest BCUT2D eigenvalue weighted by molar-refractivity contribution is -0.146. The van der Waals surface area contributed by atoms with E-state index in [1.165, 1.54) is 17.8 Å². The van der Waals surface area contributed by atoms with E-state index >= 15 is 0 Å². The van der Waals surface area contributed by atoms with Gasteiger partial charge in [0.2, 0.25) is 0 Å². The summed E-state index contributed by atoms with van der Waals surface area (Å²) in [5, 5.41) is 25.9. The summed E-state index contributed by atoms with van der Waals surface area (Å²) in [7, 11) is -4.37. The average molecular weight is 667 g/mol. The lowest BCUT2D eigenvalue weighted by atomic mass is 10.1. The van der Waals surface area contributed by atoms with E-state index in [4.69, 9.17) is 36.5 Å². The molecule has 5 aromatic rings. The molecule has 0 amide bonds. The number of fused-ring (bicyclic) bond motifs is 2. The summed E-state index contributed by atoms with van der Waals surface area (Å²) in [4.78, 5) is 23.9. The topological polar surface area (TPSA) is 196 Å². The molecule has 6 rings (SSSR count). The summed E-state index contributed by atoms with van der Waals surface area (Å²) in [6.07, 6.45) is -3.87. The monoisotopic (exact) mass is 666 g/mol. The molecule has 0 aliphatic carbocycles. The number of rotatable bonds is 11. The second kappa shape index (κ2) is 13.3. The molecule has 2 aromatic heterocycles. The molecular weight excluding hydrogens is 635 g/mol. The molecule has 0 saturated carbocycles. The fraction of sp³-hybridized carbons (Fsp3) is 0.267. The van der Waals surface area contributed by atoms with Crippen molar-refractivity contribution in [2.24, 2.45) is 0 Å². The van der Waals surface area contributed by atoms with Gasteiger partial charge in [-0.3, -0.25) is 13.9 Å². The molecule has 3 aromatic carbocycles. The number of H-pyrrole nitrogens is 1. The van der Waals surface area contributed by atoms with Gasteiger partial charge >= 0.3 is 13.7 Å². The molecule has 1 saturated heterocycles. The van der Waals surface area contributed by atoms with Crippen molar-refractivity contribution in [1.29, 1.82) is 0 Å². The quantitative estimate of drug-likeness (QED) is 0.0777. The minimum Gasteiger partial charge on any atom is -0.460 e. The molecule has 6 atom stereocenters. The highest BCUT2D eigenvalue weighted by atomic mass is 32.1. The van der Waals surface area contributed by atoms with Gasteiger partial charge in [-0.1, -0.05) is 78.9 Å². The van der Waals surface area contributed by atoms with Crippen LogP contribution in [0.2, 0.25) is 0 Å². The van der Waals surface area contributed by atoms with Crippen LogP contribution in [0.4, 0.5) is 5.95 Å². The second-order valence-corrected chi connectivity index (χ2v) is 12.7. The van der Waals surface area contributed by atoms with E-state index in [2.05, 4.69) is 20.0 Å². The Morgan fingerprint density at radius 1 is 1.13 bits per heavy atom. The van der Waals surface area contributed by atoms with Crippen LogP contribution in [0.15, 0.2) is 79.1 Å². The SMILES string of the molecule is C[C@H](NP(=O)(OC[C@H]1O[C@@H](n2cnc3c(=S)nc(N)[nH]c32)[C@@H](O)C1O)Oc1cccc2ccccc12)C(=O)OCc1ccccc1. The standard InChI is InChI=1S/C30H31N6O8PS/c1-17(29(39)41-14-18-8-3-2-4-9-18)35-45(40,44-21-13-7-11-19-10-5-6-12-20(19)21)42-15-22-24(37)25(38)28(43-22)36-16-32-23-26(36)33-30(31)34-27(23)46/h2-13,16-17,22,24-25,28,37-38H,14-15H2,1H3,(H,35,40)(H3,31,33,34,46)/t17-,22+,24?,25-,28+,45?/m0/s1. The summed E-state index contributed by atoms with van der Waals surface area (Å²) in [6.45, 7) is 0.977. The van der Waals surface area contributed by atoms with Crippen molar-refractivity contribution in [2.75, 3.05) is 12.3 Å². The number of hydrogen-bond donors (Lipinski definition) is 5. The van der Waals surface area contributed by atoms with Gasteiger partial charge in [0.1, 0.15) is 47.9 Å². The van der Waals surface area contributed by atoms with Crippen molar-refractivity contribution in [2.45, 2.75) is 44.1 Å². The molecule has 0 spiro atoms. The number of imidazole rings is 1. The van der Waals surface area contributed by atoms with E-state index in [1.807, 2.05) is 48.5 Å². The molecule has 6 N–H and O–H groups in total. The third-order valence-corrected chi connectivity index (χ3v) is 9.30. The zero-order valence-corrected chi connectivity index (χ0v) is 26.1. The van der Waals surface area contributed by atoms with E-state index in [-0.39, 0.29) is 22.9 Å². The van der Waals surface area contributed by atoms with Gasteiger partial charge in [-0.15, -0.1) is 0 Å². The first-order valence-corrected chi connectivity index (χ1v) is 16.2. The van der Waals surface area contributed by atoms with Gasteiger partial charge in [-0.05, 0) is 23.9 Å². The number of esters is 1. The highest BCUT2D eigenvalue weighted by Gasteiger charge is 2.46. The number of anilines is 1. The fourth-order valence-corrected chi connectivity index (χ4v) is 6.82. The van der Waals surface area contributed by atoms with Gasteiger partial charge in [-0.25, -0.2) is 14.5 Å². The number of nitrogen functional groups attached to an aromatic ring is 1. The number of nitrogens with zero attached hydrogens (tertiary/aromatic N) is 3. The molecule has 0 radical (unpaired) electrons. The maximum absolute atomic E-state index is 14.3. The number of aliphatic hydroxyl groups excluding tert-OH is 2. The number of hydrogen-bond acceptors (Lipinski definition) is 12. The van der Waals surface area contributed by atoms with Gasteiger partial charge in [0.25, 0.3) is 0 Å². The maximum Gasteiger partial charge on any atom is 0.459 e. The third kappa shape index (κ3) is 6.66. The molecule has 3 heterocycles. The smallest absolute Gasteiger partial charge is 0.459 e. The summed E-state index contributed by atoms with van der Waals surface area (Å²) in [5.41, 5.74) is 7.23. The van der Waals surface area contributed by atoms with Crippen LogP contribution < -0.4 is 15.3 Å². The summed E-state index contributed by atoms with van der Waals surface area (Å²) >= 11 is 5.22. The Bertz CT molecular complexity index is 1970. The summed E-state index contributed by atoms with van der Waals surface area (Å²) in [5.74, 6) is -0.433. The van der Waals surface area contributed by atoms with Crippen molar-refractivity contribution in [3.63, 3.8) is 0 Å². The van der Waals surface area contributed by atoms with E-state index < -0.39 is 50.9 Å². The highest BCUT2D eigenvalue weighted by Crippen LogP contribution is 2.47. The Balaban J connectivity index is 1.22. The first-order chi connectivity index (χ1) is 22.1. The van der Waals surface area contributed by atoms with Crippen LogP contribution >= 0.6 is 20.0 Å². The number of carbonyl (C=O) groups excluding carboxylic acids is 1. The largest absolute Gasteiger partial charge is 0.460 e. The Kier molecular flexibility index (Phi) is 9.15. The normalized spacial score (nSPS) is 21.6. The number of nitrogens with one attached hydrogen (secondary N) is 2. The third-order valence-electron chi connectivity index (χ3n) is 7.38. The van der Waals surface area contributed by atoms with Crippen molar-refractivity contribution < 1.29 is 38.1 Å². The summed E-state index contributed by atoms with van der Waals surface area (Å²) < 4.78 is 39.0. The number of benzene rings is 3. The van der Waals surface area contributed by atoms with Crippen LogP contribution in [-0.4, -0.2) is 66.7 Å². The van der Waals surface area contributed by atoms with E-state index in [0.717, 1.165) is 10.9 Å². The van der Waals surface area contributed by atoms with Crippen LogP contribution in [0, 0.1) is 4.64 Å². The second-order valence-electron chi connectivity index (χ2n) is 10.6. The lowest BCUT2D eigenvalue weighted by Crippen LogP contribution is -2.37. The minimum atomic E-state index is -4.37. The minimum absolute atomic E-state index is 0.0114. The van der Waals surface area contributed by atoms with E-state index in [0.29, 0.717) is 16.6 Å². The van der Waals surface area contributed by atoms with Crippen molar-refractivity contribution in [3.05, 3.63) is 89.3 Å². The molecule has 0 bridgehead atoms. The number of carbonyl (C=O) groups is 1. The van der Waals surface area contributed by atoms with Crippen molar-refractivity contribution in [3.8, 4) is 5.75 Å². The molecule has 2 unspecified atom stereocenters. The predicted octanol–water partition coefficient (Wildman–Crippen LogP) is 3.77.